The van der Waals surface area contributed by atoms with Crippen LogP contribution in [-0.2, 0) is 4.79 Å². The Balaban J connectivity index is 2.01. The fraction of sp³-hybridized carbons (Fsp3) is 0.500. The molecule has 2 heterocycles. The summed E-state index contributed by atoms with van der Waals surface area (Å²) in [6, 6.07) is 3.65. The number of carbonyl (C=O) groups excluding carboxylic acids is 1. The normalized spacial score (nSPS) is 29.6. The first-order chi connectivity index (χ1) is 8.97. The van der Waals surface area contributed by atoms with Gasteiger partial charge >= 0.3 is 0 Å². The largest absolute Gasteiger partial charge is 0.367 e. The average Bonchev–Trinajstić information content (AvgIpc) is 2.81. The fourth-order valence-electron chi connectivity index (χ4n) is 3.15. The number of halogens is 1. The SMILES string of the molecule is CC1CC(C)N(c2cc3c(cc2Cl)C(N)C(=O)N3)C1. The summed E-state index contributed by atoms with van der Waals surface area (Å²) < 4.78 is 0. The van der Waals surface area contributed by atoms with Crippen LogP contribution in [0.1, 0.15) is 31.9 Å². The molecule has 102 valence electrons. The van der Waals surface area contributed by atoms with Crippen LogP contribution >= 0.6 is 11.6 Å². The van der Waals surface area contributed by atoms with Crippen LogP contribution in [0.15, 0.2) is 12.1 Å². The molecule has 1 aromatic rings. The number of hydrogen-bond donors (Lipinski definition) is 2. The summed E-state index contributed by atoms with van der Waals surface area (Å²) in [5, 5.41) is 3.49. The molecule has 19 heavy (non-hydrogen) atoms. The van der Waals surface area contributed by atoms with E-state index in [-0.39, 0.29) is 5.91 Å². The van der Waals surface area contributed by atoms with Crippen LogP contribution in [0.4, 0.5) is 11.4 Å². The number of benzene rings is 1. The summed E-state index contributed by atoms with van der Waals surface area (Å²) in [5.41, 5.74) is 8.41. The highest BCUT2D eigenvalue weighted by molar-refractivity contribution is 6.33. The van der Waals surface area contributed by atoms with E-state index >= 15 is 0 Å². The predicted octanol–water partition coefficient (Wildman–Crippen LogP) is 2.53. The van der Waals surface area contributed by atoms with Crippen molar-refractivity contribution in [3.05, 3.63) is 22.7 Å². The third-order valence-corrected chi connectivity index (χ3v) is 4.39. The minimum absolute atomic E-state index is 0.161. The Morgan fingerprint density at radius 2 is 2.16 bits per heavy atom. The van der Waals surface area contributed by atoms with Gasteiger partial charge in [0.1, 0.15) is 6.04 Å². The second-order valence-electron chi connectivity index (χ2n) is 5.70. The molecule has 1 aromatic carbocycles. The van der Waals surface area contributed by atoms with Gasteiger partial charge in [-0.2, -0.15) is 0 Å². The number of fused-ring (bicyclic) bond motifs is 1. The number of anilines is 2. The van der Waals surface area contributed by atoms with E-state index in [2.05, 4.69) is 24.1 Å². The number of rotatable bonds is 1. The van der Waals surface area contributed by atoms with Gasteiger partial charge in [0, 0.05) is 23.8 Å². The van der Waals surface area contributed by atoms with E-state index in [9.17, 15) is 4.79 Å². The van der Waals surface area contributed by atoms with Crippen LogP contribution in [0.2, 0.25) is 5.02 Å². The van der Waals surface area contributed by atoms with Crippen LogP contribution in [0, 0.1) is 5.92 Å². The van der Waals surface area contributed by atoms with Gasteiger partial charge in [-0.3, -0.25) is 4.79 Å². The molecule has 0 spiro atoms. The first kappa shape index (κ1) is 12.8. The van der Waals surface area contributed by atoms with E-state index in [1.807, 2.05) is 12.1 Å². The maximum absolute atomic E-state index is 11.6. The van der Waals surface area contributed by atoms with Crippen molar-refractivity contribution in [2.75, 3.05) is 16.8 Å². The van der Waals surface area contributed by atoms with E-state index in [0.717, 1.165) is 23.5 Å². The molecule has 3 unspecified atom stereocenters. The Morgan fingerprint density at radius 1 is 1.42 bits per heavy atom. The lowest BCUT2D eigenvalue weighted by molar-refractivity contribution is -0.116. The smallest absolute Gasteiger partial charge is 0.245 e. The number of nitrogens with one attached hydrogen (secondary N) is 1. The summed E-state index contributed by atoms with van der Waals surface area (Å²) in [7, 11) is 0. The number of carbonyl (C=O) groups is 1. The Hall–Kier alpha value is -1.26. The van der Waals surface area contributed by atoms with Crippen molar-refractivity contribution < 1.29 is 4.79 Å². The third kappa shape index (κ3) is 1.99. The minimum Gasteiger partial charge on any atom is -0.367 e. The van der Waals surface area contributed by atoms with E-state index in [4.69, 9.17) is 17.3 Å². The van der Waals surface area contributed by atoms with Crippen molar-refractivity contribution in [1.82, 2.24) is 0 Å². The number of hydrogen-bond acceptors (Lipinski definition) is 3. The van der Waals surface area contributed by atoms with E-state index < -0.39 is 6.04 Å². The molecule has 1 amide bonds. The van der Waals surface area contributed by atoms with Gasteiger partial charge in [-0.15, -0.1) is 0 Å². The fourth-order valence-corrected chi connectivity index (χ4v) is 3.43. The van der Waals surface area contributed by atoms with Gasteiger partial charge in [-0.05, 0) is 31.4 Å². The molecule has 4 nitrogen and oxygen atoms in total. The zero-order chi connectivity index (χ0) is 13.7. The average molecular weight is 280 g/mol. The van der Waals surface area contributed by atoms with E-state index in [1.165, 1.54) is 6.42 Å². The summed E-state index contributed by atoms with van der Waals surface area (Å²) in [5.74, 6) is 0.502. The van der Waals surface area contributed by atoms with Crippen LogP contribution in [0.3, 0.4) is 0 Å². The lowest BCUT2D eigenvalue weighted by Gasteiger charge is -2.25. The van der Waals surface area contributed by atoms with Gasteiger partial charge in [0.25, 0.3) is 0 Å². The molecule has 5 heteroatoms. The number of nitrogens with zero attached hydrogens (tertiary/aromatic N) is 1. The quantitative estimate of drug-likeness (QED) is 0.830. The molecule has 3 rings (SSSR count). The lowest BCUT2D eigenvalue weighted by atomic mass is 10.1. The maximum Gasteiger partial charge on any atom is 0.245 e. The highest BCUT2D eigenvalue weighted by Crippen LogP contribution is 2.40. The van der Waals surface area contributed by atoms with Gasteiger partial charge in [0.15, 0.2) is 0 Å². The highest BCUT2D eigenvalue weighted by Gasteiger charge is 2.32. The zero-order valence-electron chi connectivity index (χ0n) is 11.1. The Morgan fingerprint density at radius 3 is 2.79 bits per heavy atom. The monoisotopic (exact) mass is 279 g/mol. The summed E-state index contributed by atoms with van der Waals surface area (Å²) in [4.78, 5) is 13.9. The molecule has 0 bridgehead atoms. The third-order valence-electron chi connectivity index (χ3n) is 4.09. The van der Waals surface area contributed by atoms with Crippen molar-refractivity contribution >= 4 is 28.9 Å². The molecule has 0 radical (unpaired) electrons. The predicted molar refractivity (Wildman–Crippen MR) is 77.6 cm³/mol. The van der Waals surface area contributed by atoms with Crippen LogP contribution in [0.5, 0.6) is 0 Å². The van der Waals surface area contributed by atoms with Gasteiger partial charge in [0.05, 0.1) is 10.7 Å². The van der Waals surface area contributed by atoms with E-state index in [0.29, 0.717) is 17.0 Å². The first-order valence-corrected chi connectivity index (χ1v) is 7.01. The van der Waals surface area contributed by atoms with Gasteiger partial charge in [-0.25, -0.2) is 0 Å². The highest BCUT2D eigenvalue weighted by atomic mass is 35.5. The molecule has 2 aliphatic heterocycles. The van der Waals surface area contributed by atoms with Gasteiger partial charge in [0.2, 0.25) is 5.91 Å². The standard InChI is InChI=1S/C14H18ClN3O/c1-7-3-8(2)18(6-7)12-5-11-9(4-10(12)15)13(16)14(19)17-11/h4-5,7-8,13H,3,6,16H2,1-2H3,(H,17,19). The molecule has 3 atom stereocenters. The molecule has 0 aliphatic carbocycles. The summed E-state index contributed by atoms with van der Waals surface area (Å²) >= 11 is 6.38. The molecule has 1 saturated heterocycles. The molecule has 2 aliphatic rings. The zero-order valence-corrected chi connectivity index (χ0v) is 11.9. The summed E-state index contributed by atoms with van der Waals surface area (Å²) in [6.07, 6.45) is 1.17. The molecule has 3 N–H and O–H groups in total. The second-order valence-corrected chi connectivity index (χ2v) is 6.11. The topological polar surface area (TPSA) is 58.4 Å². The number of amides is 1. The lowest BCUT2D eigenvalue weighted by Crippen LogP contribution is -2.27. The Kier molecular flexibility index (Phi) is 2.95. The van der Waals surface area contributed by atoms with Gasteiger partial charge < -0.3 is 16.0 Å². The number of nitrogens with two attached hydrogens (primary N) is 1. The van der Waals surface area contributed by atoms with Crippen molar-refractivity contribution in [3.8, 4) is 0 Å². The van der Waals surface area contributed by atoms with E-state index in [1.54, 1.807) is 0 Å². The maximum atomic E-state index is 11.6. The van der Waals surface area contributed by atoms with Crippen molar-refractivity contribution in [2.45, 2.75) is 32.4 Å². The van der Waals surface area contributed by atoms with Crippen molar-refractivity contribution in [2.24, 2.45) is 11.7 Å². The van der Waals surface area contributed by atoms with Crippen LogP contribution in [-0.4, -0.2) is 18.5 Å². The van der Waals surface area contributed by atoms with Crippen LogP contribution in [0.25, 0.3) is 0 Å². The summed E-state index contributed by atoms with van der Waals surface area (Å²) in [6.45, 7) is 5.45. The second kappa shape index (κ2) is 4.39. The molecule has 0 saturated carbocycles. The van der Waals surface area contributed by atoms with Gasteiger partial charge in [-0.1, -0.05) is 18.5 Å². The van der Waals surface area contributed by atoms with Crippen molar-refractivity contribution in [1.29, 1.82) is 0 Å². The Labute approximate surface area is 117 Å². The van der Waals surface area contributed by atoms with Crippen molar-refractivity contribution in [3.63, 3.8) is 0 Å². The van der Waals surface area contributed by atoms with Crippen LogP contribution < -0.4 is 16.0 Å². The molecule has 0 aromatic heterocycles. The molecular weight excluding hydrogens is 262 g/mol. The molecular formula is C14H18ClN3O. The minimum atomic E-state index is -0.600. The Bertz CT molecular complexity index is 546. The first-order valence-electron chi connectivity index (χ1n) is 6.64. The molecule has 1 fully saturated rings.